The molecule has 0 aliphatic carbocycles. The first-order valence-corrected chi connectivity index (χ1v) is 10.6. The maximum atomic E-state index is 12.2. The fourth-order valence-corrected chi connectivity index (χ4v) is 3.95. The van der Waals surface area contributed by atoms with Gasteiger partial charge in [0.2, 0.25) is 0 Å². The minimum atomic E-state index is -4.31. The van der Waals surface area contributed by atoms with Crippen LogP contribution in [0.3, 0.4) is 0 Å². The summed E-state index contributed by atoms with van der Waals surface area (Å²) in [4.78, 5) is 5.79. The molecule has 0 aliphatic heterocycles. The van der Waals surface area contributed by atoms with Crippen molar-refractivity contribution in [1.29, 1.82) is 0 Å². The maximum Gasteiger partial charge on any atom is 0.393 e. The average Bonchev–Trinajstić information content (AvgIpc) is 3.00. The third-order valence-electron chi connectivity index (χ3n) is 3.61. The second-order valence-corrected chi connectivity index (χ2v) is 8.21. The summed E-state index contributed by atoms with van der Waals surface area (Å²) in [6.45, 7) is 7.53. The van der Waals surface area contributed by atoms with Crippen LogP contribution in [0.1, 0.15) is 26.7 Å². The molecule has 5 nitrogen and oxygen atoms in total. The van der Waals surface area contributed by atoms with Gasteiger partial charge in [-0.3, -0.25) is 4.99 Å². The number of rotatable bonds is 10. The van der Waals surface area contributed by atoms with Gasteiger partial charge in [-0.25, -0.2) is 4.68 Å². The highest BCUT2D eigenvalue weighted by molar-refractivity contribution is 7.91. The summed E-state index contributed by atoms with van der Waals surface area (Å²) in [6.07, 6.45) is 1.57. The van der Waals surface area contributed by atoms with Gasteiger partial charge in [0.05, 0.1) is 23.3 Å². The maximum absolute atomic E-state index is 12.2. The molecule has 1 rings (SSSR count). The summed E-state index contributed by atoms with van der Waals surface area (Å²) in [5, 5.41) is 4.48. The highest BCUT2D eigenvalue weighted by Gasteiger charge is 2.29. The van der Waals surface area contributed by atoms with E-state index in [2.05, 4.69) is 16.8 Å². The van der Waals surface area contributed by atoms with E-state index >= 15 is 0 Å². The number of halogens is 4. The van der Waals surface area contributed by atoms with Crippen LogP contribution in [0, 0.1) is 0 Å². The highest BCUT2D eigenvalue weighted by atomic mass is 35.5. The molecule has 0 spiro atoms. The Morgan fingerprint density at radius 3 is 2.75 bits per heavy atom. The largest absolute Gasteiger partial charge is 0.616 e. The first kappa shape index (κ1) is 24.7. The standard InChI is InChI=1S/C17H22ClF3N4OS2/c1-4-24(15(27)7-10-28(26)11-8-17(19,20)21)14-12-25(23-16(14)18)13(2)6-5-9-22-3/h5-6,9,12H,3-4,7-8,10-11H2,1-2H3/b9-5-,13-6+. The Bertz CT molecular complexity index is 734. The van der Waals surface area contributed by atoms with Gasteiger partial charge in [0, 0.05) is 24.9 Å². The van der Waals surface area contributed by atoms with Crippen molar-refractivity contribution in [2.24, 2.45) is 4.99 Å². The molecule has 1 atom stereocenters. The normalized spacial score (nSPS) is 13.8. The zero-order chi connectivity index (χ0) is 21.3. The van der Waals surface area contributed by atoms with Crippen LogP contribution in [0.15, 0.2) is 29.5 Å². The lowest BCUT2D eigenvalue weighted by Gasteiger charge is -2.23. The predicted octanol–water partition coefficient (Wildman–Crippen LogP) is 4.86. The van der Waals surface area contributed by atoms with E-state index in [4.69, 9.17) is 23.8 Å². The summed E-state index contributed by atoms with van der Waals surface area (Å²) in [5.41, 5.74) is 1.36. The van der Waals surface area contributed by atoms with Crippen molar-refractivity contribution in [1.82, 2.24) is 9.78 Å². The second kappa shape index (κ2) is 11.6. The van der Waals surface area contributed by atoms with Crippen LogP contribution in [0.25, 0.3) is 5.70 Å². The van der Waals surface area contributed by atoms with Gasteiger partial charge in [0.1, 0.15) is 11.5 Å². The van der Waals surface area contributed by atoms with Crippen LogP contribution in [0.5, 0.6) is 0 Å². The first-order valence-electron chi connectivity index (χ1n) is 8.36. The molecule has 28 heavy (non-hydrogen) atoms. The summed E-state index contributed by atoms with van der Waals surface area (Å²) < 4.78 is 50.0. The molecule has 0 saturated heterocycles. The van der Waals surface area contributed by atoms with E-state index in [1.54, 1.807) is 27.9 Å². The minimum Gasteiger partial charge on any atom is -0.616 e. The molecule has 1 aromatic heterocycles. The molecule has 1 unspecified atom stereocenters. The molecule has 156 valence electrons. The molecular weight excluding hydrogens is 433 g/mol. The van der Waals surface area contributed by atoms with Crippen LogP contribution in [0.2, 0.25) is 5.15 Å². The summed E-state index contributed by atoms with van der Waals surface area (Å²) in [7, 11) is 0. The zero-order valence-corrected chi connectivity index (χ0v) is 18.0. The third-order valence-corrected chi connectivity index (χ3v) is 5.62. The van der Waals surface area contributed by atoms with Crippen molar-refractivity contribution in [3.05, 3.63) is 29.7 Å². The number of hydrogen-bond acceptors (Lipinski definition) is 4. The van der Waals surface area contributed by atoms with Crippen LogP contribution < -0.4 is 4.90 Å². The summed E-state index contributed by atoms with van der Waals surface area (Å²) in [6, 6.07) is 0. The molecule has 0 bridgehead atoms. The lowest BCUT2D eigenvalue weighted by atomic mass is 10.3. The molecule has 0 fully saturated rings. The van der Waals surface area contributed by atoms with Gasteiger partial charge in [-0.15, -0.1) is 0 Å². The number of aromatic nitrogens is 2. The van der Waals surface area contributed by atoms with Gasteiger partial charge in [-0.2, -0.15) is 18.3 Å². The second-order valence-electron chi connectivity index (χ2n) is 5.68. The third kappa shape index (κ3) is 8.34. The van der Waals surface area contributed by atoms with Gasteiger partial charge in [-0.1, -0.05) is 35.0 Å². The van der Waals surface area contributed by atoms with Gasteiger partial charge in [-0.05, 0) is 32.7 Å². The lowest BCUT2D eigenvalue weighted by molar-refractivity contribution is -0.129. The van der Waals surface area contributed by atoms with Gasteiger partial charge in [0.15, 0.2) is 5.15 Å². The van der Waals surface area contributed by atoms with Gasteiger partial charge < -0.3 is 9.45 Å². The monoisotopic (exact) mass is 454 g/mol. The van der Waals surface area contributed by atoms with Gasteiger partial charge >= 0.3 is 6.18 Å². The van der Waals surface area contributed by atoms with E-state index < -0.39 is 29.5 Å². The molecule has 0 N–H and O–H groups in total. The fraction of sp³-hybridized carbons (Fsp3) is 0.471. The molecule has 0 aromatic carbocycles. The number of thiocarbonyl (C=S) groups is 1. The van der Waals surface area contributed by atoms with Crippen LogP contribution in [-0.4, -0.2) is 50.3 Å². The summed E-state index contributed by atoms with van der Waals surface area (Å²) in [5.74, 6) is -0.358. The topological polar surface area (TPSA) is 56.5 Å². The molecule has 1 aromatic rings. The smallest absolute Gasteiger partial charge is 0.393 e. The van der Waals surface area contributed by atoms with Crippen molar-refractivity contribution >= 4 is 58.1 Å². The molecule has 0 amide bonds. The number of hydrogen-bond donors (Lipinski definition) is 0. The van der Waals surface area contributed by atoms with Crippen LogP contribution >= 0.6 is 23.8 Å². The van der Waals surface area contributed by atoms with E-state index in [1.807, 2.05) is 13.8 Å². The number of aliphatic imine (C=N–C) groups is 1. The Labute approximate surface area is 176 Å². The minimum absolute atomic E-state index is 0.0649. The SMILES string of the molecule is C=N/C=C\C=C(/C)n1cc(N(CC)C(=S)CC[S+]([O-])CCC(F)(F)F)c(Cl)n1. The zero-order valence-electron chi connectivity index (χ0n) is 15.6. The molecule has 1 heterocycles. The first-order chi connectivity index (χ1) is 13.1. The molecule has 0 radical (unpaired) electrons. The molecular formula is C17H22ClF3N4OS2. The van der Waals surface area contributed by atoms with E-state index in [0.717, 1.165) is 5.70 Å². The van der Waals surface area contributed by atoms with Crippen LogP contribution in [-0.2, 0) is 11.2 Å². The van der Waals surface area contributed by atoms with Crippen molar-refractivity contribution in [3.63, 3.8) is 0 Å². The number of allylic oxidation sites excluding steroid dienone is 3. The van der Waals surface area contributed by atoms with Crippen LogP contribution in [0.4, 0.5) is 18.9 Å². The number of anilines is 1. The van der Waals surface area contributed by atoms with Crippen molar-refractivity contribution in [2.75, 3.05) is 23.0 Å². The molecule has 0 saturated carbocycles. The lowest BCUT2D eigenvalue weighted by Crippen LogP contribution is -2.31. The molecule has 0 aliphatic rings. The average molecular weight is 455 g/mol. The van der Waals surface area contributed by atoms with E-state index in [9.17, 15) is 17.7 Å². The summed E-state index contributed by atoms with van der Waals surface area (Å²) >= 11 is 10.0. The Hall–Kier alpha value is -1.36. The van der Waals surface area contributed by atoms with E-state index in [-0.39, 0.29) is 17.3 Å². The van der Waals surface area contributed by atoms with Gasteiger partial charge in [0.25, 0.3) is 0 Å². The predicted molar refractivity (Wildman–Crippen MR) is 115 cm³/mol. The van der Waals surface area contributed by atoms with Crippen molar-refractivity contribution in [3.8, 4) is 0 Å². The number of alkyl halides is 3. The Morgan fingerprint density at radius 2 is 2.18 bits per heavy atom. The Balaban J connectivity index is 2.79. The molecule has 11 heteroatoms. The van der Waals surface area contributed by atoms with E-state index in [0.29, 0.717) is 17.2 Å². The fourth-order valence-electron chi connectivity index (χ4n) is 2.17. The van der Waals surface area contributed by atoms with Crippen molar-refractivity contribution in [2.45, 2.75) is 32.9 Å². The number of nitrogens with zero attached hydrogens (tertiary/aromatic N) is 4. The highest BCUT2D eigenvalue weighted by Crippen LogP contribution is 2.27. The quantitative estimate of drug-likeness (QED) is 0.219. The van der Waals surface area contributed by atoms with E-state index in [1.165, 1.54) is 6.20 Å². The van der Waals surface area contributed by atoms with Crippen molar-refractivity contribution < 1.29 is 17.7 Å². The Morgan fingerprint density at radius 1 is 1.50 bits per heavy atom. The Kier molecular flexibility index (Phi) is 10.2.